The van der Waals surface area contributed by atoms with Crippen molar-refractivity contribution in [3.8, 4) is 11.5 Å². The van der Waals surface area contributed by atoms with E-state index in [0.29, 0.717) is 11.4 Å². The number of imide groups is 1. The maximum absolute atomic E-state index is 12.8. The van der Waals surface area contributed by atoms with Gasteiger partial charge in [0.2, 0.25) is 11.8 Å². The Kier molecular flexibility index (Phi) is 3.07. The summed E-state index contributed by atoms with van der Waals surface area (Å²) in [6.45, 7) is 0. The van der Waals surface area contributed by atoms with Gasteiger partial charge in [0.1, 0.15) is 11.5 Å². The van der Waals surface area contributed by atoms with Gasteiger partial charge in [0, 0.05) is 0 Å². The van der Waals surface area contributed by atoms with E-state index in [1.165, 1.54) is 4.90 Å². The van der Waals surface area contributed by atoms with Crippen LogP contribution in [0.4, 0.5) is 5.69 Å². The van der Waals surface area contributed by atoms with Crippen LogP contribution in [0, 0.1) is 23.7 Å². The number of fused-ring (bicyclic) bond motifs is 5. The molecule has 0 N–H and O–H groups in total. The van der Waals surface area contributed by atoms with Crippen LogP contribution < -0.4 is 9.64 Å². The fourth-order valence-corrected chi connectivity index (χ4v) is 4.44. The van der Waals surface area contributed by atoms with Gasteiger partial charge in [-0.25, -0.2) is 0 Å². The van der Waals surface area contributed by atoms with Gasteiger partial charge in [-0.1, -0.05) is 30.4 Å². The Bertz CT molecular complexity index is 842. The Balaban J connectivity index is 1.39. The first kappa shape index (κ1) is 14.5. The highest BCUT2D eigenvalue weighted by Crippen LogP contribution is 2.53. The van der Waals surface area contributed by atoms with E-state index in [9.17, 15) is 9.59 Å². The van der Waals surface area contributed by atoms with Crippen molar-refractivity contribution in [2.24, 2.45) is 23.7 Å². The average Bonchev–Trinajstić information content (AvgIpc) is 3.31. The largest absolute Gasteiger partial charge is 0.457 e. The summed E-state index contributed by atoms with van der Waals surface area (Å²) in [5.41, 5.74) is 0.629. The molecule has 4 nitrogen and oxygen atoms in total. The van der Waals surface area contributed by atoms with Gasteiger partial charge in [-0.05, 0) is 54.7 Å². The summed E-state index contributed by atoms with van der Waals surface area (Å²) in [4.78, 5) is 27.0. The number of ether oxygens (including phenoxy) is 1. The number of hydrogen-bond acceptors (Lipinski definition) is 3. The van der Waals surface area contributed by atoms with Gasteiger partial charge < -0.3 is 4.74 Å². The first-order chi connectivity index (χ1) is 12.2. The lowest BCUT2D eigenvalue weighted by Gasteiger charge is -2.17. The number of carbonyl (C=O) groups is 2. The number of para-hydroxylation sites is 1. The number of anilines is 1. The zero-order valence-electron chi connectivity index (χ0n) is 13.5. The Hall–Kier alpha value is -2.88. The van der Waals surface area contributed by atoms with E-state index in [4.69, 9.17) is 4.74 Å². The SMILES string of the molecule is O=C1[C@@H]2[C@H](C(=O)N1c1ccc(Oc3ccccc3)cc1)[C@H]1C=C[C@H]2C1. The van der Waals surface area contributed by atoms with Crippen molar-refractivity contribution in [1.82, 2.24) is 0 Å². The van der Waals surface area contributed by atoms with Crippen molar-refractivity contribution in [3.63, 3.8) is 0 Å². The number of rotatable bonds is 3. The van der Waals surface area contributed by atoms with Crippen LogP contribution in [0.3, 0.4) is 0 Å². The summed E-state index contributed by atoms with van der Waals surface area (Å²) in [7, 11) is 0. The molecular formula is C21H17NO3. The second kappa shape index (κ2) is 5.31. The number of hydrogen-bond donors (Lipinski definition) is 0. The van der Waals surface area contributed by atoms with E-state index in [2.05, 4.69) is 12.2 Å². The molecule has 0 radical (unpaired) electrons. The highest BCUT2D eigenvalue weighted by molar-refractivity contribution is 6.22. The molecule has 1 saturated heterocycles. The van der Waals surface area contributed by atoms with Crippen molar-refractivity contribution < 1.29 is 14.3 Å². The molecule has 124 valence electrons. The summed E-state index contributed by atoms with van der Waals surface area (Å²) in [5.74, 6) is 1.46. The van der Waals surface area contributed by atoms with Crippen LogP contribution in [0.5, 0.6) is 11.5 Å². The van der Waals surface area contributed by atoms with E-state index in [0.717, 1.165) is 12.2 Å². The Labute approximate surface area is 145 Å². The van der Waals surface area contributed by atoms with Gasteiger partial charge in [0.05, 0.1) is 17.5 Å². The smallest absolute Gasteiger partial charge is 0.238 e. The number of nitrogens with zero attached hydrogens (tertiary/aromatic N) is 1. The van der Waals surface area contributed by atoms with E-state index in [1.54, 1.807) is 24.3 Å². The first-order valence-electron chi connectivity index (χ1n) is 8.61. The molecule has 0 unspecified atom stereocenters. The minimum Gasteiger partial charge on any atom is -0.457 e. The third-order valence-electron chi connectivity index (χ3n) is 5.54. The highest BCUT2D eigenvalue weighted by atomic mass is 16.5. The third kappa shape index (κ3) is 2.14. The standard InChI is InChI=1S/C21H17NO3/c23-20-18-13-6-7-14(12-13)19(18)21(24)22(20)15-8-10-17(11-9-15)25-16-4-2-1-3-5-16/h1-11,13-14,18-19H,12H2/t13-,14-,18-,19+/m0/s1. The molecule has 4 atom stereocenters. The molecule has 2 amide bonds. The fraction of sp³-hybridized carbons (Fsp3) is 0.238. The summed E-state index contributed by atoms with van der Waals surface area (Å²) in [5, 5.41) is 0. The lowest BCUT2D eigenvalue weighted by molar-refractivity contribution is -0.123. The predicted octanol–water partition coefficient (Wildman–Crippen LogP) is 3.79. The van der Waals surface area contributed by atoms with Gasteiger partial charge in [0.25, 0.3) is 0 Å². The normalized spacial score (nSPS) is 29.4. The zero-order chi connectivity index (χ0) is 17.0. The van der Waals surface area contributed by atoms with Crippen LogP contribution in [0.15, 0.2) is 66.7 Å². The molecule has 2 aliphatic carbocycles. The van der Waals surface area contributed by atoms with E-state index < -0.39 is 0 Å². The molecule has 2 aromatic rings. The van der Waals surface area contributed by atoms with E-state index in [1.807, 2.05) is 30.3 Å². The minimum absolute atomic E-state index is 0.0522. The first-order valence-corrected chi connectivity index (χ1v) is 8.61. The number of carbonyl (C=O) groups excluding carboxylic acids is 2. The highest BCUT2D eigenvalue weighted by Gasteiger charge is 2.59. The molecule has 2 aromatic carbocycles. The van der Waals surface area contributed by atoms with Crippen molar-refractivity contribution >= 4 is 17.5 Å². The Morgan fingerprint density at radius 2 is 1.32 bits per heavy atom. The van der Waals surface area contributed by atoms with Crippen molar-refractivity contribution in [2.75, 3.05) is 4.90 Å². The van der Waals surface area contributed by atoms with E-state index >= 15 is 0 Å². The fourth-order valence-electron chi connectivity index (χ4n) is 4.44. The quantitative estimate of drug-likeness (QED) is 0.635. The lowest BCUT2D eigenvalue weighted by Crippen LogP contribution is -2.32. The van der Waals surface area contributed by atoms with Crippen LogP contribution >= 0.6 is 0 Å². The lowest BCUT2D eigenvalue weighted by atomic mass is 9.85. The number of amides is 2. The molecule has 2 bridgehead atoms. The van der Waals surface area contributed by atoms with Crippen LogP contribution in [0.25, 0.3) is 0 Å². The van der Waals surface area contributed by atoms with Crippen LogP contribution in [0.1, 0.15) is 6.42 Å². The summed E-state index contributed by atoms with van der Waals surface area (Å²) in [6, 6.07) is 16.7. The molecule has 2 fully saturated rings. The topological polar surface area (TPSA) is 46.6 Å². The molecule has 0 spiro atoms. The summed E-state index contributed by atoms with van der Waals surface area (Å²) < 4.78 is 5.77. The van der Waals surface area contributed by atoms with Gasteiger partial charge in [-0.3, -0.25) is 14.5 Å². The Morgan fingerprint density at radius 3 is 1.92 bits per heavy atom. The van der Waals surface area contributed by atoms with Gasteiger partial charge >= 0.3 is 0 Å². The average molecular weight is 331 g/mol. The van der Waals surface area contributed by atoms with Gasteiger partial charge in [0.15, 0.2) is 0 Å². The number of benzene rings is 2. The molecule has 0 aromatic heterocycles. The van der Waals surface area contributed by atoms with Crippen molar-refractivity contribution in [3.05, 3.63) is 66.7 Å². The van der Waals surface area contributed by atoms with Crippen LogP contribution in [-0.4, -0.2) is 11.8 Å². The van der Waals surface area contributed by atoms with Gasteiger partial charge in [-0.2, -0.15) is 0 Å². The molecule has 1 saturated carbocycles. The van der Waals surface area contributed by atoms with E-state index in [-0.39, 0.29) is 35.5 Å². The van der Waals surface area contributed by atoms with Crippen LogP contribution in [0.2, 0.25) is 0 Å². The second-order valence-corrected chi connectivity index (χ2v) is 6.92. The number of allylic oxidation sites excluding steroid dienone is 2. The summed E-state index contributed by atoms with van der Waals surface area (Å²) >= 11 is 0. The third-order valence-corrected chi connectivity index (χ3v) is 5.54. The van der Waals surface area contributed by atoms with Gasteiger partial charge in [-0.15, -0.1) is 0 Å². The predicted molar refractivity (Wildman–Crippen MR) is 93.2 cm³/mol. The molecule has 1 aliphatic heterocycles. The molecule has 1 heterocycles. The maximum atomic E-state index is 12.8. The molecular weight excluding hydrogens is 314 g/mol. The zero-order valence-corrected chi connectivity index (χ0v) is 13.5. The van der Waals surface area contributed by atoms with Crippen LogP contribution in [-0.2, 0) is 9.59 Å². The monoisotopic (exact) mass is 331 g/mol. The second-order valence-electron chi connectivity index (χ2n) is 6.92. The molecule has 3 aliphatic rings. The molecule has 4 heteroatoms. The summed E-state index contributed by atoms with van der Waals surface area (Å²) in [6.07, 6.45) is 5.17. The molecule has 5 rings (SSSR count). The Morgan fingerprint density at radius 1 is 0.760 bits per heavy atom. The molecule has 25 heavy (non-hydrogen) atoms. The van der Waals surface area contributed by atoms with Crippen molar-refractivity contribution in [2.45, 2.75) is 6.42 Å². The maximum Gasteiger partial charge on any atom is 0.238 e. The van der Waals surface area contributed by atoms with Crippen molar-refractivity contribution in [1.29, 1.82) is 0 Å². The minimum atomic E-state index is -0.164.